The number of hydrogen-bond donors (Lipinski definition) is 1. The van der Waals surface area contributed by atoms with Crippen molar-refractivity contribution in [2.45, 2.75) is 26.8 Å². The van der Waals surface area contributed by atoms with Crippen molar-refractivity contribution in [2.75, 3.05) is 0 Å². The second-order valence-electron chi connectivity index (χ2n) is 6.83. The average molecular weight is 336 g/mol. The van der Waals surface area contributed by atoms with Crippen molar-refractivity contribution in [2.24, 2.45) is 13.0 Å². The Labute approximate surface area is 144 Å². The topological polar surface area (TPSA) is 81.4 Å². The summed E-state index contributed by atoms with van der Waals surface area (Å²) >= 11 is 0. The van der Waals surface area contributed by atoms with Gasteiger partial charge in [0.15, 0.2) is 5.52 Å². The van der Waals surface area contributed by atoms with Crippen molar-refractivity contribution in [1.29, 1.82) is 0 Å². The summed E-state index contributed by atoms with van der Waals surface area (Å²) in [5.41, 5.74) is 3.86. The first-order valence-electron chi connectivity index (χ1n) is 8.31. The van der Waals surface area contributed by atoms with E-state index in [1.54, 1.807) is 28.8 Å². The van der Waals surface area contributed by atoms with Crippen molar-refractivity contribution >= 4 is 22.1 Å². The molecule has 3 aromatic heterocycles. The fourth-order valence-electron chi connectivity index (χ4n) is 3.27. The van der Waals surface area contributed by atoms with Crippen molar-refractivity contribution in [1.82, 2.24) is 29.3 Å². The van der Waals surface area contributed by atoms with Crippen LogP contribution in [0, 0.1) is 12.8 Å². The number of aryl methyl sites for hydroxylation is 2. The maximum Gasteiger partial charge on any atom is 0.282 e. The normalized spacial score (nSPS) is 13.2. The molecule has 3 heterocycles. The van der Waals surface area contributed by atoms with Crippen LogP contribution in [0.4, 0.5) is 0 Å². The lowest BCUT2D eigenvalue weighted by Crippen LogP contribution is -2.29. The summed E-state index contributed by atoms with van der Waals surface area (Å²) < 4.78 is 3.24. The summed E-state index contributed by atoms with van der Waals surface area (Å²) in [7, 11) is 1.78. The Balaban J connectivity index is 1.91. The summed E-state index contributed by atoms with van der Waals surface area (Å²) in [4.78, 5) is 25.4. The highest BCUT2D eigenvalue weighted by Crippen LogP contribution is 2.25. The summed E-state index contributed by atoms with van der Waals surface area (Å²) in [6.07, 6.45) is 3.34. The zero-order chi connectivity index (χ0) is 17.7. The SMILES string of the molecule is Cc1ccc2nc(C(C(C)C)n3cnc4cn(C)nc4c3=O)[nH]c2c1. The highest BCUT2D eigenvalue weighted by Gasteiger charge is 2.24. The summed E-state index contributed by atoms with van der Waals surface area (Å²) in [6.45, 7) is 6.18. The molecule has 4 rings (SSSR count). The highest BCUT2D eigenvalue weighted by molar-refractivity contribution is 5.76. The molecule has 0 fully saturated rings. The van der Waals surface area contributed by atoms with Crippen LogP contribution in [0.25, 0.3) is 22.1 Å². The Morgan fingerprint density at radius 2 is 2.00 bits per heavy atom. The minimum atomic E-state index is -0.237. The van der Waals surface area contributed by atoms with Crippen molar-refractivity contribution in [3.63, 3.8) is 0 Å². The zero-order valence-electron chi connectivity index (χ0n) is 14.7. The Kier molecular flexibility index (Phi) is 3.45. The fourth-order valence-corrected chi connectivity index (χ4v) is 3.27. The maximum absolute atomic E-state index is 12.9. The highest BCUT2D eigenvalue weighted by atomic mass is 16.1. The number of fused-ring (bicyclic) bond motifs is 2. The number of H-pyrrole nitrogens is 1. The standard InChI is InChI=1S/C18H20N6O/c1-10(2)16(17-20-12-6-5-11(3)7-13(12)21-17)24-9-19-14-8-23(4)22-15(14)18(24)25/h5-10,16H,1-4H3,(H,20,21). The number of nitrogens with one attached hydrogen (secondary N) is 1. The molecule has 0 aliphatic rings. The quantitative estimate of drug-likeness (QED) is 0.623. The lowest BCUT2D eigenvalue weighted by atomic mass is 10.0. The molecule has 0 aliphatic heterocycles. The van der Waals surface area contributed by atoms with Crippen molar-refractivity contribution < 1.29 is 0 Å². The van der Waals surface area contributed by atoms with Crippen LogP contribution in [0.1, 0.15) is 31.3 Å². The molecule has 0 spiro atoms. The van der Waals surface area contributed by atoms with E-state index in [9.17, 15) is 4.79 Å². The summed E-state index contributed by atoms with van der Waals surface area (Å²) in [6, 6.07) is 5.85. The third kappa shape index (κ3) is 2.52. The van der Waals surface area contributed by atoms with Gasteiger partial charge in [-0.15, -0.1) is 0 Å². The lowest BCUT2D eigenvalue weighted by molar-refractivity contribution is 0.408. The van der Waals surface area contributed by atoms with Gasteiger partial charge in [0, 0.05) is 7.05 Å². The Morgan fingerprint density at radius 3 is 2.76 bits per heavy atom. The Morgan fingerprint density at radius 1 is 1.20 bits per heavy atom. The molecule has 0 saturated heterocycles. The molecule has 7 nitrogen and oxygen atoms in total. The molecule has 0 saturated carbocycles. The van der Waals surface area contributed by atoms with E-state index in [0.29, 0.717) is 11.0 Å². The molecule has 0 aliphatic carbocycles. The molecule has 4 aromatic rings. The van der Waals surface area contributed by atoms with Gasteiger partial charge in [0.05, 0.1) is 29.6 Å². The number of aromatic nitrogens is 6. The molecular formula is C18H20N6O. The van der Waals surface area contributed by atoms with Crippen LogP contribution >= 0.6 is 0 Å². The second-order valence-corrected chi connectivity index (χ2v) is 6.83. The number of hydrogen-bond acceptors (Lipinski definition) is 4. The van der Waals surface area contributed by atoms with Gasteiger partial charge in [-0.05, 0) is 30.5 Å². The third-order valence-corrected chi connectivity index (χ3v) is 4.43. The van der Waals surface area contributed by atoms with Crippen LogP contribution in [-0.2, 0) is 7.05 Å². The molecule has 7 heteroatoms. The molecule has 1 atom stereocenters. The molecule has 1 unspecified atom stereocenters. The molecular weight excluding hydrogens is 316 g/mol. The fraction of sp³-hybridized carbons (Fsp3) is 0.333. The summed E-state index contributed by atoms with van der Waals surface area (Å²) in [5.74, 6) is 0.914. The maximum atomic E-state index is 12.9. The molecule has 0 amide bonds. The third-order valence-electron chi connectivity index (χ3n) is 4.43. The molecule has 1 aromatic carbocycles. The van der Waals surface area contributed by atoms with Crippen LogP contribution in [0.5, 0.6) is 0 Å². The monoisotopic (exact) mass is 336 g/mol. The van der Waals surface area contributed by atoms with Gasteiger partial charge >= 0.3 is 0 Å². The minimum Gasteiger partial charge on any atom is -0.340 e. The predicted octanol–water partition coefficient (Wildman–Crippen LogP) is 2.56. The van der Waals surface area contributed by atoms with Gasteiger partial charge in [0.2, 0.25) is 0 Å². The number of aromatic amines is 1. The second kappa shape index (κ2) is 5.54. The first kappa shape index (κ1) is 15.6. The summed E-state index contributed by atoms with van der Waals surface area (Å²) in [5, 5.41) is 4.25. The Hall–Kier alpha value is -2.96. The van der Waals surface area contributed by atoms with E-state index < -0.39 is 0 Å². The van der Waals surface area contributed by atoms with Crippen molar-refractivity contribution in [3.8, 4) is 0 Å². The van der Waals surface area contributed by atoms with E-state index in [0.717, 1.165) is 22.4 Å². The Bertz CT molecular complexity index is 1130. The lowest BCUT2D eigenvalue weighted by Gasteiger charge is -2.20. The van der Waals surface area contributed by atoms with Gasteiger partial charge in [-0.3, -0.25) is 14.0 Å². The van der Waals surface area contributed by atoms with Crippen LogP contribution < -0.4 is 5.56 Å². The van der Waals surface area contributed by atoms with Gasteiger partial charge in [0.1, 0.15) is 11.3 Å². The molecule has 25 heavy (non-hydrogen) atoms. The van der Waals surface area contributed by atoms with E-state index in [1.807, 2.05) is 19.1 Å². The average Bonchev–Trinajstić information content (AvgIpc) is 3.12. The van der Waals surface area contributed by atoms with Crippen molar-refractivity contribution in [3.05, 3.63) is 52.5 Å². The molecule has 0 radical (unpaired) electrons. The van der Waals surface area contributed by atoms with Gasteiger partial charge in [-0.2, -0.15) is 5.10 Å². The van der Waals surface area contributed by atoms with E-state index in [1.165, 1.54) is 0 Å². The number of benzene rings is 1. The zero-order valence-corrected chi connectivity index (χ0v) is 14.7. The largest absolute Gasteiger partial charge is 0.340 e. The van der Waals surface area contributed by atoms with Gasteiger partial charge in [-0.1, -0.05) is 19.9 Å². The van der Waals surface area contributed by atoms with Gasteiger partial charge < -0.3 is 4.98 Å². The van der Waals surface area contributed by atoms with Crippen LogP contribution in [-0.4, -0.2) is 29.3 Å². The predicted molar refractivity (Wildman–Crippen MR) is 96.6 cm³/mol. The van der Waals surface area contributed by atoms with E-state index in [-0.39, 0.29) is 17.5 Å². The first-order valence-corrected chi connectivity index (χ1v) is 8.31. The van der Waals surface area contributed by atoms with E-state index in [4.69, 9.17) is 4.98 Å². The van der Waals surface area contributed by atoms with E-state index in [2.05, 4.69) is 35.0 Å². The van der Waals surface area contributed by atoms with E-state index >= 15 is 0 Å². The minimum absolute atomic E-state index is 0.152. The van der Waals surface area contributed by atoms with Crippen LogP contribution in [0.2, 0.25) is 0 Å². The molecule has 128 valence electrons. The van der Waals surface area contributed by atoms with Gasteiger partial charge in [-0.25, -0.2) is 9.97 Å². The van der Waals surface area contributed by atoms with Crippen LogP contribution in [0.3, 0.4) is 0 Å². The first-order chi connectivity index (χ1) is 11.9. The number of nitrogens with zero attached hydrogens (tertiary/aromatic N) is 5. The van der Waals surface area contributed by atoms with Crippen LogP contribution in [0.15, 0.2) is 35.5 Å². The molecule has 0 bridgehead atoms. The molecule has 1 N–H and O–H groups in total. The number of imidazole rings is 1. The number of rotatable bonds is 3. The van der Waals surface area contributed by atoms with Gasteiger partial charge in [0.25, 0.3) is 5.56 Å². The smallest absolute Gasteiger partial charge is 0.282 e.